The van der Waals surface area contributed by atoms with Gasteiger partial charge in [-0.1, -0.05) is 0 Å². The van der Waals surface area contributed by atoms with Crippen molar-refractivity contribution in [1.29, 1.82) is 0 Å². The van der Waals surface area contributed by atoms with Gasteiger partial charge in [-0.25, -0.2) is 9.82 Å². The highest BCUT2D eigenvalue weighted by Crippen LogP contribution is 2.19. The smallest absolute Gasteiger partial charge is 0.271 e. The highest BCUT2D eigenvalue weighted by molar-refractivity contribution is 9.10. The van der Waals surface area contributed by atoms with E-state index < -0.39 is 11.7 Å². The van der Waals surface area contributed by atoms with Crippen molar-refractivity contribution in [3.8, 4) is 0 Å². The molecule has 1 aromatic rings. The van der Waals surface area contributed by atoms with E-state index in [9.17, 15) is 14.0 Å². The molecule has 1 aliphatic heterocycles. The number of nitrogens with zero attached hydrogens (tertiary/aromatic N) is 1. The van der Waals surface area contributed by atoms with Gasteiger partial charge in [0.1, 0.15) is 11.5 Å². The average molecular weight is 314 g/mol. The Morgan fingerprint density at radius 3 is 2.83 bits per heavy atom. The molecule has 0 radical (unpaired) electrons. The Bertz CT molecular complexity index is 545. The molecule has 0 spiro atoms. The fraction of sp³-hybridized carbons (Fsp3) is 0.182. The zero-order chi connectivity index (χ0) is 13.1. The van der Waals surface area contributed by atoms with Crippen molar-refractivity contribution in [3.63, 3.8) is 0 Å². The quantitative estimate of drug-likeness (QED) is 0.874. The summed E-state index contributed by atoms with van der Waals surface area (Å²) in [7, 11) is 0. The number of hydrazone groups is 1. The Morgan fingerprint density at radius 1 is 1.44 bits per heavy atom. The highest BCUT2D eigenvalue weighted by Gasteiger charge is 2.18. The maximum atomic E-state index is 13.2. The predicted molar refractivity (Wildman–Crippen MR) is 67.5 cm³/mol. The van der Waals surface area contributed by atoms with Crippen molar-refractivity contribution in [2.45, 2.75) is 12.8 Å². The summed E-state index contributed by atoms with van der Waals surface area (Å²) in [5, 5.41) is 6.16. The lowest BCUT2D eigenvalue weighted by atomic mass is 10.1. The summed E-state index contributed by atoms with van der Waals surface area (Å²) in [6.07, 6.45) is 0.498. The minimum atomic E-state index is -0.466. The summed E-state index contributed by atoms with van der Waals surface area (Å²) in [6, 6.07) is 4.26. The molecule has 7 heteroatoms. The van der Waals surface area contributed by atoms with Gasteiger partial charge in [0.05, 0.1) is 4.47 Å². The molecule has 2 rings (SSSR count). The van der Waals surface area contributed by atoms with E-state index in [4.69, 9.17) is 0 Å². The molecule has 0 unspecified atom stereocenters. The molecule has 5 nitrogen and oxygen atoms in total. The van der Waals surface area contributed by atoms with Crippen molar-refractivity contribution in [3.05, 3.63) is 28.5 Å². The maximum Gasteiger partial charge on any atom is 0.271 e. The van der Waals surface area contributed by atoms with E-state index in [1.54, 1.807) is 6.07 Å². The third-order valence-corrected chi connectivity index (χ3v) is 2.99. The number of carbonyl (C=O) groups excluding carboxylic acids is 2. The van der Waals surface area contributed by atoms with Crippen molar-refractivity contribution in [1.82, 2.24) is 5.43 Å². The Hall–Kier alpha value is -1.76. The van der Waals surface area contributed by atoms with Crippen LogP contribution < -0.4 is 10.7 Å². The lowest BCUT2D eigenvalue weighted by Gasteiger charge is -2.12. The minimum Gasteiger partial charge on any atom is -0.321 e. The minimum absolute atomic E-state index is 0.220. The molecular formula is C11H9BrFN3O2. The summed E-state index contributed by atoms with van der Waals surface area (Å²) in [5.74, 6) is -1.13. The lowest BCUT2D eigenvalue weighted by molar-refractivity contribution is -0.121. The summed E-state index contributed by atoms with van der Waals surface area (Å²) in [6.45, 7) is 0. The number of hydrogen-bond donors (Lipinski definition) is 2. The Kier molecular flexibility index (Phi) is 3.71. The average Bonchev–Trinajstić information content (AvgIpc) is 2.34. The molecule has 0 bridgehead atoms. The molecule has 0 fully saturated rings. The molecule has 1 aliphatic rings. The van der Waals surface area contributed by atoms with E-state index in [-0.39, 0.29) is 24.5 Å². The molecule has 1 heterocycles. The third kappa shape index (κ3) is 2.92. The van der Waals surface area contributed by atoms with E-state index in [0.29, 0.717) is 10.2 Å². The van der Waals surface area contributed by atoms with Gasteiger partial charge in [0, 0.05) is 18.5 Å². The van der Waals surface area contributed by atoms with Crippen LogP contribution in [0.2, 0.25) is 0 Å². The Balaban J connectivity index is 2.07. The van der Waals surface area contributed by atoms with Gasteiger partial charge in [0.15, 0.2) is 0 Å². The summed E-state index contributed by atoms with van der Waals surface area (Å²) >= 11 is 3.02. The van der Waals surface area contributed by atoms with Gasteiger partial charge in [-0.05, 0) is 34.1 Å². The van der Waals surface area contributed by atoms with E-state index in [1.807, 2.05) is 0 Å². The van der Waals surface area contributed by atoms with Crippen molar-refractivity contribution < 1.29 is 14.0 Å². The standard InChI is InChI=1S/C11H9BrFN3O2/c12-7-2-1-6(5-8(7)13)14-11(18)9-3-4-10(17)16-15-9/h1-2,5H,3-4H2,(H,14,18)(H,16,17). The topological polar surface area (TPSA) is 70.6 Å². The van der Waals surface area contributed by atoms with Gasteiger partial charge in [0.2, 0.25) is 5.91 Å². The second-order valence-corrected chi connectivity index (χ2v) is 4.53. The number of anilines is 1. The summed E-state index contributed by atoms with van der Waals surface area (Å²) in [5.41, 5.74) is 2.78. The molecule has 2 N–H and O–H groups in total. The summed E-state index contributed by atoms with van der Waals surface area (Å²) < 4.78 is 13.6. The SMILES string of the molecule is O=C1CCC(C(=O)Nc2ccc(Br)c(F)c2)=NN1. The third-order valence-electron chi connectivity index (χ3n) is 2.34. The van der Waals surface area contributed by atoms with E-state index in [1.165, 1.54) is 12.1 Å². The van der Waals surface area contributed by atoms with Gasteiger partial charge in [-0.2, -0.15) is 5.10 Å². The number of halogens is 2. The van der Waals surface area contributed by atoms with Crippen LogP contribution >= 0.6 is 15.9 Å². The van der Waals surface area contributed by atoms with Gasteiger partial charge in [0.25, 0.3) is 5.91 Å². The van der Waals surface area contributed by atoms with Gasteiger partial charge >= 0.3 is 0 Å². The van der Waals surface area contributed by atoms with E-state index in [0.717, 1.165) is 0 Å². The normalized spacial score (nSPS) is 14.8. The van der Waals surface area contributed by atoms with E-state index in [2.05, 4.69) is 31.8 Å². The molecular weight excluding hydrogens is 305 g/mol. The number of hydrogen-bond acceptors (Lipinski definition) is 3. The first kappa shape index (κ1) is 12.7. The van der Waals surface area contributed by atoms with Crippen LogP contribution in [0, 0.1) is 5.82 Å². The fourth-order valence-corrected chi connectivity index (χ4v) is 1.66. The van der Waals surface area contributed by atoms with Crippen LogP contribution in [0.3, 0.4) is 0 Å². The molecule has 0 aliphatic carbocycles. The lowest BCUT2D eigenvalue weighted by Crippen LogP contribution is -2.32. The first-order valence-corrected chi connectivity index (χ1v) is 5.97. The van der Waals surface area contributed by atoms with Crippen LogP contribution in [0.5, 0.6) is 0 Å². The Morgan fingerprint density at radius 2 is 2.22 bits per heavy atom. The molecule has 1 aromatic carbocycles. The summed E-state index contributed by atoms with van der Waals surface area (Å²) in [4.78, 5) is 22.6. The molecule has 0 saturated heterocycles. The zero-order valence-corrected chi connectivity index (χ0v) is 10.8. The van der Waals surface area contributed by atoms with Crippen molar-refractivity contribution in [2.24, 2.45) is 5.10 Å². The van der Waals surface area contributed by atoms with Crippen LogP contribution in [0.15, 0.2) is 27.8 Å². The van der Waals surface area contributed by atoms with Gasteiger partial charge in [-0.15, -0.1) is 0 Å². The van der Waals surface area contributed by atoms with E-state index >= 15 is 0 Å². The fourth-order valence-electron chi connectivity index (χ4n) is 1.41. The molecule has 0 aromatic heterocycles. The first-order valence-electron chi connectivity index (χ1n) is 5.18. The molecule has 2 amide bonds. The maximum absolute atomic E-state index is 13.2. The molecule has 0 saturated carbocycles. The largest absolute Gasteiger partial charge is 0.321 e. The molecule has 0 atom stereocenters. The first-order chi connectivity index (χ1) is 8.56. The number of amides is 2. The van der Waals surface area contributed by atoms with Gasteiger partial charge < -0.3 is 5.32 Å². The Labute approximate surface area is 111 Å². The molecule has 18 heavy (non-hydrogen) atoms. The number of rotatable bonds is 2. The number of benzene rings is 1. The number of nitrogens with one attached hydrogen (secondary N) is 2. The van der Waals surface area contributed by atoms with Crippen LogP contribution in [0.25, 0.3) is 0 Å². The van der Waals surface area contributed by atoms with Crippen LogP contribution in [-0.4, -0.2) is 17.5 Å². The second-order valence-electron chi connectivity index (χ2n) is 3.68. The van der Waals surface area contributed by atoms with Crippen LogP contribution in [-0.2, 0) is 9.59 Å². The molecule has 94 valence electrons. The van der Waals surface area contributed by atoms with Crippen molar-refractivity contribution >= 4 is 39.1 Å². The van der Waals surface area contributed by atoms with Crippen molar-refractivity contribution in [2.75, 3.05) is 5.32 Å². The monoisotopic (exact) mass is 313 g/mol. The predicted octanol–water partition coefficient (Wildman–Crippen LogP) is 1.79. The van der Waals surface area contributed by atoms with Crippen LogP contribution in [0.4, 0.5) is 10.1 Å². The van der Waals surface area contributed by atoms with Crippen LogP contribution in [0.1, 0.15) is 12.8 Å². The second kappa shape index (κ2) is 5.26. The highest BCUT2D eigenvalue weighted by atomic mass is 79.9. The zero-order valence-electron chi connectivity index (χ0n) is 9.17. The van der Waals surface area contributed by atoms with Gasteiger partial charge in [-0.3, -0.25) is 9.59 Å². The number of carbonyl (C=O) groups is 2.